The molecule has 2 nitrogen and oxygen atoms in total. The second-order valence-electron chi connectivity index (χ2n) is 2.41. The van der Waals surface area contributed by atoms with Gasteiger partial charge in [0.05, 0.1) is 0 Å². The highest BCUT2D eigenvalue weighted by Crippen LogP contribution is 2.06. The molecule has 1 N–H and O–H groups in total. The van der Waals surface area contributed by atoms with Crippen molar-refractivity contribution in [3.63, 3.8) is 0 Å². The van der Waals surface area contributed by atoms with Gasteiger partial charge in [0.25, 0.3) is 0 Å². The molecule has 1 aromatic heterocycles. The van der Waals surface area contributed by atoms with Crippen molar-refractivity contribution in [1.82, 2.24) is 4.98 Å². The third kappa shape index (κ3) is 3.98. The number of aromatic amines is 1. The van der Waals surface area contributed by atoms with Crippen LogP contribution in [-0.2, 0) is 0 Å². The largest absolute Gasteiger partial charge is 0.322 e. The van der Waals surface area contributed by atoms with Crippen LogP contribution >= 0.6 is 0 Å². The lowest BCUT2D eigenvalue weighted by molar-refractivity contribution is 1.31. The molecule has 0 unspecified atom stereocenters. The third-order valence-electron chi connectivity index (χ3n) is 1.63. The number of rotatable bonds is 0. The molecule has 82 valence electrons. The second-order valence-corrected chi connectivity index (χ2v) is 2.41. The molecule has 0 amide bonds. The van der Waals surface area contributed by atoms with Crippen molar-refractivity contribution in [2.24, 2.45) is 0 Å². The van der Waals surface area contributed by atoms with E-state index in [0.717, 1.165) is 10.9 Å². The van der Waals surface area contributed by atoms with Crippen molar-refractivity contribution in [2.45, 2.75) is 27.7 Å². The molecule has 0 saturated carbocycles. The van der Waals surface area contributed by atoms with Gasteiger partial charge in [-0.1, -0.05) is 45.9 Å². The molecular formula is C13H19NO. The molecule has 2 rings (SSSR count). The minimum Gasteiger partial charge on any atom is -0.322 e. The summed E-state index contributed by atoms with van der Waals surface area (Å²) in [5.41, 5.74) is 0.837. The maximum absolute atomic E-state index is 10.8. The number of pyridine rings is 1. The predicted molar refractivity (Wildman–Crippen MR) is 67.3 cm³/mol. The molecule has 0 bridgehead atoms. The smallest absolute Gasteiger partial charge is 0.248 e. The maximum atomic E-state index is 10.8. The number of H-pyrrole nitrogens is 1. The highest BCUT2D eigenvalue weighted by Gasteiger charge is 1.89. The van der Waals surface area contributed by atoms with Gasteiger partial charge in [0, 0.05) is 11.6 Å². The van der Waals surface area contributed by atoms with E-state index in [0.29, 0.717) is 0 Å². The quantitative estimate of drug-likeness (QED) is 0.700. The van der Waals surface area contributed by atoms with E-state index >= 15 is 0 Å². The van der Waals surface area contributed by atoms with Crippen LogP contribution in [0.1, 0.15) is 27.7 Å². The molecule has 0 fully saturated rings. The van der Waals surface area contributed by atoms with Gasteiger partial charge in [-0.3, -0.25) is 4.79 Å². The zero-order chi connectivity index (χ0) is 11.7. The fraction of sp³-hybridized carbons (Fsp3) is 0.308. The van der Waals surface area contributed by atoms with Crippen LogP contribution in [0.3, 0.4) is 0 Å². The van der Waals surface area contributed by atoms with Crippen LogP contribution < -0.4 is 5.56 Å². The molecule has 1 heterocycles. The average Bonchev–Trinajstić information content (AvgIpc) is 2.34. The van der Waals surface area contributed by atoms with Crippen molar-refractivity contribution in [1.29, 1.82) is 0 Å². The second kappa shape index (κ2) is 7.80. The van der Waals surface area contributed by atoms with Crippen molar-refractivity contribution in [2.75, 3.05) is 0 Å². The van der Waals surface area contributed by atoms with Gasteiger partial charge >= 0.3 is 0 Å². The van der Waals surface area contributed by atoms with Crippen LogP contribution in [-0.4, -0.2) is 4.98 Å². The van der Waals surface area contributed by atoms with E-state index < -0.39 is 0 Å². The number of para-hydroxylation sites is 1. The number of hydrogen-bond acceptors (Lipinski definition) is 1. The van der Waals surface area contributed by atoms with Gasteiger partial charge in [0.15, 0.2) is 0 Å². The van der Waals surface area contributed by atoms with Crippen molar-refractivity contribution >= 4 is 10.9 Å². The van der Waals surface area contributed by atoms with Gasteiger partial charge in [0.1, 0.15) is 0 Å². The van der Waals surface area contributed by atoms with Gasteiger partial charge < -0.3 is 4.98 Å². The molecule has 2 aromatic rings. The molecule has 1 aromatic carbocycles. The van der Waals surface area contributed by atoms with Crippen LogP contribution in [0.5, 0.6) is 0 Å². The van der Waals surface area contributed by atoms with Gasteiger partial charge in [-0.05, 0) is 17.5 Å². The fourth-order valence-electron chi connectivity index (χ4n) is 1.10. The number of nitrogens with one attached hydrogen (secondary N) is 1. The number of fused-ring (bicyclic) bond motifs is 1. The van der Waals surface area contributed by atoms with E-state index in [4.69, 9.17) is 0 Å². The summed E-state index contributed by atoms with van der Waals surface area (Å²) in [6, 6.07) is 11.0. The molecule has 15 heavy (non-hydrogen) atoms. The van der Waals surface area contributed by atoms with Crippen LogP contribution in [0.25, 0.3) is 10.9 Å². The Balaban J connectivity index is 0.000000442. The monoisotopic (exact) mass is 205 g/mol. The molecule has 0 aliphatic heterocycles. The van der Waals surface area contributed by atoms with Gasteiger partial charge in [0.2, 0.25) is 5.56 Å². The summed E-state index contributed by atoms with van der Waals surface area (Å²) in [6.07, 6.45) is 0. The van der Waals surface area contributed by atoms with Gasteiger partial charge in [-0.15, -0.1) is 0 Å². The Kier molecular flexibility index (Phi) is 6.98. The van der Waals surface area contributed by atoms with Crippen molar-refractivity contribution in [3.05, 3.63) is 46.8 Å². The Morgan fingerprint density at radius 1 is 0.867 bits per heavy atom. The zero-order valence-corrected chi connectivity index (χ0v) is 9.87. The Morgan fingerprint density at radius 2 is 1.47 bits per heavy atom. The van der Waals surface area contributed by atoms with E-state index in [1.807, 2.05) is 58.0 Å². The number of hydrogen-bond donors (Lipinski definition) is 1. The lowest BCUT2D eigenvalue weighted by atomic mass is 10.2. The molecule has 0 aliphatic rings. The lowest BCUT2D eigenvalue weighted by Gasteiger charge is -1.93. The Bertz CT molecular complexity index is 431. The fourth-order valence-corrected chi connectivity index (χ4v) is 1.10. The Morgan fingerprint density at radius 3 is 2.13 bits per heavy atom. The van der Waals surface area contributed by atoms with Crippen molar-refractivity contribution in [3.8, 4) is 0 Å². The van der Waals surface area contributed by atoms with Gasteiger partial charge in [-0.25, -0.2) is 0 Å². The molecule has 0 aliphatic carbocycles. The minimum atomic E-state index is -0.0521. The molecule has 0 saturated heterocycles. The molecular weight excluding hydrogens is 186 g/mol. The third-order valence-corrected chi connectivity index (χ3v) is 1.63. The normalized spacial score (nSPS) is 8.27. The average molecular weight is 205 g/mol. The molecule has 2 heteroatoms. The summed E-state index contributed by atoms with van der Waals surface area (Å²) in [5, 5.41) is 1.06. The highest BCUT2D eigenvalue weighted by molar-refractivity contribution is 5.77. The van der Waals surface area contributed by atoms with Crippen molar-refractivity contribution < 1.29 is 0 Å². The van der Waals surface area contributed by atoms with E-state index in [-0.39, 0.29) is 5.56 Å². The van der Waals surface area contributed by atoms with Crippen LogP contribution in [0.15, 0.2) is 41.2 Å². The van der Waals surface area contributed by atoms with E-state index in [1.54, 1.807) is 0 Å². The van der Waals surface area contributed by atoms with Crippen LogP contribution in [0.2, 0.25) is 0 Å². The minimum absolute atomic E-state index is 0.0521. The number of benzene rings is 1. The zero-order valence-electron chi connectivity index (χ0n) is 9.87. The summed E-state index contributed by atoms with van der Waals surface area (Å²) in [4.78, 5) is 13.6. The summed E-state index contributed by atoms with van der Waals surface area (Å²) in [7, 11) is 0. The highest BCUT2D eigenvalue weighted by atomic mass is 16.1. The molecule has 0 radical (unpaired) electrons. The van der Waals surface area contributed by atoms with E-state index in [9.17, 15) is 4.79 Å². The first-order chi connectivity index (χ1) is 7.36. The predicted octanol–water partition coefficient (Wildman–Crippen LogP) is 3.58. The molecule has 0 spiro atoms. The summed E-state index contributed by atoms with van der Waals surface area (Å²) >= 11 is 0. The first-order valence-corrected chi connectivity index (χ1v) is 5.44. The van der Waals surface area contributed by atoms with E-state index in [1.165, 1.54) is 6.07 Å². The Hall–Kier alpha value is -1.57. The Labute approximate surface area is 91.0 Å². The lowest BCUT2D eigenvalue weighted by Crippen LogP contribution is -2.01. The molecule has 0 atom stereocenters. The van der Waals surface area contributed by atoms with Gasteiger partial charge in [-0.2, -0.15) is 0 Å². The SMILES string of the molecule is CC.CC.O=c1ccc2ccccc2[nH]1. The maximum Gasteiger partial charge on any atom is 0.248 e. The summed E-state index contributed by atoms with van der Waals surface area (Å²) < 4.78 is 0. The first-order valence-electron chi connectivity index (χ1n) is 5.44. The standard InChI is InChI=1S/C9H7NO.2C2H6/c11-9-6-5-7-3-1-2-4-8(7)10-9;2*1-2/h1-6H,(H,10,11);2*1-2H3. The van der Waals surface area contributed by atoms with Crippen LogP contribution in [0.4, 0.5) is 0 Å². The first kappa shape index (κ1) is 13.4. The van der Waals surface area contributed by atoms with E-state index in [2.05, 4.69) is 4.98 Å². The summed E-state index contributed by atoms with van der Waals surface area (Å²) in [5.74, 6) is 0. The topological polar surface area (TPSA) is 32.9 Å². The summed E-state index contributed by atoms with van der Waals surface area (Å²) in [6.45, 7) is 8.00. The number of aromatic nitrogens is 1. The van der Waals surface area contributed by atoms with Crippen LogP contribution in [0, 0.1) is 0 Å².